The summed E-state index contributed by atoms with van der Waals surface area (Å²) in [5, 5.41) is 32.7. The third-order valence-electron chi connectivity index (χ3n) is 6.23. The fourth-order valence-corrected chi connectivity index (χ4v) is 5.17. The minimum absolute atomic E-state index is 0.0666. The number of rotatable bonds is 10. The molecule has 1 aliphatic carbocycles. The normalized spacial score (nSPS) is 27.4. The van der Waals surface area contributed by atoms with Gasteiger partial charge in [0.2, 0.25) is 5.28 Å². The molecule has 200 valence electrons. The van der Waals surface area contributed by atoms with Gasteiger partial charge in [0.15, 0.2) is 17.0 Å². The molecule has 2 aliphatic rings. The number of esters is 1. The maximum absolute atomic E-state index is 11.9. The van der Waals surface area contributed by atoms with E-state index in [0.29, 0.717) is 37.0 Å². The van der Waals surface area contributed by atoms with Crippen LogP contribution in [-0.4, -0.2) is 102 Å². The SMILES string of the molecule is CCOC(=O)C(OC[C@H]1C[C@@H](n2nnc3c(NC[C@@H]4CCOC4)nc(Cl)nc32)[C@H](O)[C@@H]1O)P(=O)(O)O. The molecule has 0 radical (unpaired) electrons. The second kappa shape index (κ2) is 11.2. The van der Waals surface area contributed by atoms with Crippen LogP contribution in [-0.2, 0) is 23.6 Å². The summed E-state index contributed by atoms with van der Waals surface area (Å²) in [5.41, 5.74) is 0.557. The van der Waals surface area contributed by atoms with Gasteiger partial charge < -0.3 is 39.5 Å². The zero-order valence-corrected chi connectivity index (χ0v) is 21.0. The number of ether oxygens (including phenoxy) is 3. The standard InChI is InChI=1S/C19H28ClN6O9P/c1-2-34-17(29)18(36(30,31)32)35-8-10-5-11(14(28)13(10)27)26-16-12(24-25-26)15(22-19(20)23-16)21-6-9-3-4-33-7-9/h9-11,13-14,18,27-28H,2-8H2,1H3,(H,21,22,23)(H2,30,31,32)/t9-,10+,11+,13+,14-,18?/m0/s1. The van der Waals surface area contributed by atoms with Crippen LogP contribution in [0.3, 0.4) is 0 Å². The summed E-state index contributed by atoms with van der Waals surface area (Å²) in [4.78, 5) is 39.2. The predicted octanol–water partition coefficient (Wildman–Crippen LogP) is -0.311. The Morgan fingerprint density at radius 2 is 2.11 bits per heavy atom. The van der Waals surface area contributed by atoms with E-state index in [1.807, 2.05) is 0 Å². The second-order valence-electron chi connectivity index (χ2n) is 8.73. The van der Waals surface area contributed by atoms with Crippen molar-refractivity contribution in [3.63, 3.8) is 0 Å². The van der Waals surface area contributed by atoms with Gasteiger partial charge in [-0.3, -0.25) is 4.57 Å². The van der Waals surface area contributed by atoms with E-state index < -0.39 is 50.2 Å². The van der Waals surface area contributed by atoms with Gasteiger partial charge in [0.25, 0.3) is 5.85 Å². The number of hydrogen-bond donors (Lipinski definition) is 5. The van der Waals surface area contributed by atoms with Crippen molar-refractivity contribution < 1.29 is 43.6 Å². The molecule has 2 fully saturated rings. The van der Waals surface area contributed by atoms with Gasteiger partial charge in [-0.25, -0.2) is 9.48 Å². The first-order valence-corrected chi connectivity index (χ1v) is 13.5. The molecule has 1 unspecified atom stereocenters. The molecule has 0 bridgehead atoms. The molecule has 36 heavy (non-hydrogen) atoms. The van der Waals surface area contributed by atoms with Crippen molar-refractivity contribution in [1.29, 1.82) is 0 Å². The number of anilines is 1. The first-order valence-electron chi connectivity index (χ1n) is 11.4. The minimum atomic E-state index is -4.99. The molecule has 1 saturated carbocycles. The zero-order valence-electron chi connectivity index (χ0n) is 19.3. The van der Waals surface area contributed by atoms with E-state index in [2.05, 4.69) is 30.3 Å². The Hall–Kier alpha value is -1.97. The molecular formula is C19H28ClN6O9P. The first-order chi connectivity index (χ1) is 17.1. The highest BCUT2D eigenvalue weighted by Crippen LogP contribution is 2.44. The molecule has 0 amide bonds. The van der Waals surface area contributed by atoms with E-state index in [1.54, 1.807) is 0 Å². The molecule has 2 aromatic heterocycles. The first kappa shape index (κ1) is 27.1. The smallest absolute Gasteiger partial charge is 0.365 e. The van der Waals surface area contributed by atoms with Crippen molar-refractivity contribution in [2.45, 2.75) is 43.9 Å². The maximum atomic E-state index is 11.9. The summed E-state index contributed by atoms with van der Waals surface area (Å²) in [6, 6.07) is -0.809. The Labute approximate surface area is 210 Å². The summed E-state index contributed by atoms with van der Waals surface area (Å²) in [7, 11) is -4.99. The monoisotopic (exact) mass is 550 g/mol. The minimum Gasteiger partial charge on any atom is -0.464 e. The van der Waals surface area contributed by atoms with Crippen LogP contribution in [0.4, 0.5) is 5.82 Å². The fraction of sp³-hybridized carbons (Fsp3) is 0.737. The van der Waals surface area contributed by atoms with E-state index in [4.69, 9.17) is 21.1 Å². The van der Waals surface area contributed by atoms with Crippen molar-refractivity contribution in [1.82, 2.24) is 25.0 Å². The van der Waals surface area contributed by atoms with Crippen LogP contribution in [0.5, 0.6) is 0 Å². The van der Waals surface area contributed by atoms with E-state index in [0.717, 1.165) is 6.42 Å². The maximum Gasteiger partial charge on any atom is 0.365 e. The molecule has 15 nitrogen and oxygen atoms in total. The van der Waals surface area contributed by atoms with Gasteiger partial charge >= 0.3 is 13.6 Å². The molecule has 0 aromatic carbocycles. The van der Waals surface area contributed by atoms with Gasteiger partial charge in [-0.15, -0.1) is 5.10 Å². The van der Waals surface area contributed by atoms with Crippen LogP contribution in [0.15, 0.2) is 0 Å². The second-order valence-corrected chi connectivity index (χ2v) is 10.7. The quantitative estimate of drug-likeness (QED) is 0.146. The summed E-state index contributed by atoms with van der Waals surface area (Å²) in [5.74, 6) is -3.46. The number of carbonyl (C=O) groups is 1. The molecule has 6 atom stereocenters. The van der Waals surface area contributed by atoms with Crippen LogP contribution in [0.25, 0.3) is 11.2 Å². The number of aliphatic hydroxyl groups is 2. The zero-order chi connectivity index (χ0) is 26.0. The van der Waals surface area contributed by atoms with Crippen LogP contribution in [0.2, 0.25) is 5.28 Å². The van der Waals surface area contributed by atoms with Gasteiger partial charge in [-0.2, -0.15) is 9.97 Å². The molecule has 1 saturated heterocycles. The van der Waals surface area contributed by atoms with Crippen LogP contribution in [0.1, 0.15) is 25.8 Å². The van der Waals surface area contributed by atoms with E-state index in [9.17, 15) is 29.4 Å². The lowest BCUT2D eigenvalue weighted by Gasteiger charge is -2.21. The van der Waals surface area contributed by atoms with E-state index in [1.165, 1.54) is 11.6 Å². The number of aliphatic hydroxyl groups excluding tert-OH is 2. The molecule has 17 heteroatoms. The number of aromatic nitrogens is 5. The van der Waals surface area contributed by atoms with E-state index in [-0.39, 0.29) is 24.0 Å². The number of halogens is 1. The average Bonchev–Trinajstić information content (AvgIpc) is 3.53. The summed E-state index contributed by atoms with van der Waals surface area (Å²) < 4.78 is 28.2. The Morgan fingerprint density at radius 1 is 1.33 bits per heavy atom. The molecule has 3 heterocycles. The van der Waals surface area contributed by atoms with Crippen molar-refractivity contribution in [2.24, 2.45) is 11.8 Å². The van der Waals surface area contributed by atoms with Gasteiger partial charge in [0, 0.05) is 25.0 Å². The van der Waals surface area contributed by atoms with Crippen molar-refractivity contribution >= 4 is 42.1 Å². The molecule has 2 aromatic rings. The largest absolute Gasteiger partial charge is 0.464 e. The van der Waals surface area contributed by atoms with Gasteiger partial charge in [0.05, 0.1) is 32.0 Å². The number of nitrogens with one attached hydrogen (secondary N) is 1. The average molecular weight is 551 g/mol. The Balaban J connectivity index is 1.50. The van der Waals surface area contributed by atoms with Crippen molar-refractivity contribution in [2.75, 3.05) is 38.3 Å². The Morgan fingerprint density at radius 3 is 2.78 bits per heavy atom. The number of fused-ring (bicyclic) bond motifs is 1. The predicted molar refractivity (Wildman–Crippen MR) is 123 cm³/mol. The molecule has 1 aliphatic heterocycles. The van der Waals surface area contributed by atoms with Crippen LogP contribution in [0, 0.1) is 11.8 Å². The summed E-state index contributed by atoms with van der Waals surface area (Å²) in [6.45, 7) is 2.88. The van der Waals surface area contributed by atoms with Crippen LogP contribution >= 0.6 is 19.2 Å². The topological polar surface area (TPSA) is 211 Å². The number of hydrogen-bond acceptors (Lipinski definition) is 12. The molecule has 0 spiro atoms. The Kier molecular flexibility index (Phi) is 8.42. The van der Waals surface area contributed by atoms with Gasteiger partial charge in [-0.1, -0.05) is 5.21 Å². The molecule has 5 N–H and O–H groups in total. The summed E-state index contributed by atoms with van der Waals surface area (Å²) >= 11 is 6.13. The lowest BCUT2D eigenvalue weighted by molar-refractivity contribution is -0.153. The Bertz CT molecular complexity index is 1130. The number of carbonyl (C=O) groups excluding carboxylic acids is 1. The third kappa shape index (κ3) is 5.78. The summed E-state index contributed by atoms with van der Waals surface area (Å²) in [6.07, 6.45) is -1.68. The lowest BCUT2D eigenvalue weighted by atomic mass is 10.1. The fourth-order valence-electron chi connectivity index (χ4n) is 4.37. The molecule has 4 rings (SSSR count). The van der Waals surface area contributed by atoms with Gasteiger partial charge in [-0.05, 0) is 31.4 Å². The third-order valence-corrected chi connectivity index (χ3v) is 7.37. The highest BCUT2D eigenvalue weighted by Gasteiger charge is 2.46. The highest BCUT2D eigenvalue weighted by molar-refractivity contribution is 7.53. The van der Waals surface area contributed by atoms with Crippen LogP contribution < -0.4 is 5.32 Å². The van der Waals surface area contributed by atoms with Crippen molar-refractivity contribution in [3.8, 4) is 0 Å². The highest BCUT2D eigenvalue weighted by atomic mass is 35.5. The number of nitrogens with zero attached hydrogens (tertiary/aromatic N) is 5. The van der Waals surface area contributed by atoms with Gasteiger partial charge in [0.1, 0.15) is 6.10 Å². The molecular weight excluding hydrogens is 523 g/mol. The lowest BCUT2D eigenvalue weighted by Crippen LogP contribution is -2.33. The van der Waals surface area contributed by atoms with E-state index >= 15 is 0 Å². The van der Waals surface area contributed by atoms with Crippen molar-refractivity contribution in [3.05, 3.63) is 5.28 Å².